The first kappa shape index (κ1) is 19.2. The molecule has 3 N–H and O–H groups in total. The number of epoxide rings is 1. The Morgan fingerprint density at radius 3 is 1.41 bits per heavy atom. The molecule has 0 aliphatic carbocycles. The predicted molar refractivity (Wildman–Crippen MR) is 73.4 cm³/mol. The quantitative estimate of drug-likeness (QED) is 0.477. The molecule has 0 aromatic carbocycles. The largest absolute Gasteiger partial charge is 0.412 e. The maximum Gasteiger partial charge on any atom is 0.0701 e. The van der Waals surface area contributed by atoms with Crippen molar-refractivity contribution in [1.82, 2.24) is 0 Å². The molecule has 0 spiro atoms. The zero-order chi connectivity index (χ0) is 11.9. The first-order valence-corrected chi connectivity index (χ1v) is 7.10. The van der Waals surface area contributed by atoms with E-state index in [4.69, 9.17) is 5.11 Å². The maximum absolute atomic E-state index is 8.57. The summed E-state index contributed by atoms with van der Waals surface area (Å²) in [5, 5.41) is 8.57. The van der Waals surface area contributed by atoms with Crippen molar-refractivity contribution in [3.05, 3.63) is 0 Å². The van der Waals surface area contributed by atoms with Gasteiger partial charge >= 0.3 is 0 Å². The second-order valence-corrected chi connectivity index (χ2v) is 4.52. The van der Waals surface area contributed by atoms with Crippen molar-refractivity contribution in [3.63, 3.8) is 0 Å². The van der Waals surface area contributed by atoms with E-state index in [1.165, 1.54) is 57.8 Å². The number of hydrogen-bond donors (Lipinski definition) is 1. The van der Waals surface area contributed by atoms with Crippen LogP contribution in [0.15, 0.2) is 0 Å². The van der Waals surface area contributed by atoms with Crippen LogP contribution in [-0.4, -0.2) is 30.4 Å². The van der Waals surface area contributed by atoms with Crippen molar-refractivity contribution >= 4 is 0 Å². The summed E-state index contributed by atoms with van der Waals surface area (Å²) < 4.78 is 4.50. The van der Waals surface area contributed by atoms with Crippen LogP contribution in [0.3, 0.4) is 0 Å². The monoisotopic (exact) mass is 248 g/mol. The number of aliphatic hydroxyl groups excluding tert-OH is 1. The van der Waals surface area contributed by atoms with Gasteiger partial charge in [-0.25, -0.2) is 0 Å². The van der Waals surface area contributed by atoms with E-state index < -0.39 is 0 Å². The predicted octanol–water partition coefficient (Wildman–Crippen LogP) is 3.09. The Labute approximate surface area is 107 Å². The molecule has 0 amide bonds. The van der Waals surface area contributed by atoms with E-state index in [1.54, 1.807) is 0 Å². The summed E-state index contributed by atoms with van der Waals surface area (Å²) in [5.41, 5.74) is 0. The lowest BCUT2D eigenvalue weighted by Crippen LogP contribution is -1.84. The Bertz CT molecular complexity index is 103. The summed E-state index contributed by atoms with van der Waals surface area (Å²) >= 11 is 0. The van der Waals surface area contributed by atoms with E-state index in [-0.39, 0.29) is 5.48 Å². The molecule has 0 bridgehead atoms. The topological polar surface area (TPSA) is 64.3 Å². The summed E-state index contributed by atoms with van der Waals surface area (Å²) in [6.45, 7) is 4.63. The number of unbranched alkanes of at least 4 members (excludes halogenated alkanes) is 9. The van der Waals surface area contributed by atoms with Crippen LogP contribution >= 0.6 is 0 Å². The minimum Gasteiger partial charge on any atom is -0.412 e. The van der Waals surface area contributed by atoms with Crippen molar-refractivity contribution in [2.75, 3.05) is 19.8 Å². The van der Waals surface area contributed by atoms with Crippen LogP contribution in [-0.2, 0) is 4.74 Å². The first-order valence-electron chi connectivity index (χ1n) is 7.10. The van der Waals surface area contributed by atoms with Gasteiger partial charge < -0.3 is 15.3 Å². The van der Waals surface area contributed by atoms with Crippen LogP contribution < -0.4 is 0 Å². The minimum atomic E-state index is 0. The standard InChI is InChI=1S/C12H26O.C2H4O.H2O/c1-2-3-4-5-6-7-8-9-10-11-12-13;1-2-3-1;/h13H,2-12H2,1H3;1-2H2;1H2. The van der Waals surface area contributed by atoms with Crippen LogP contribution in [0.1, 0.15) is 71.1 Å². The molecular formula is C14H32O3. The van der Waals surface area contributed by atoms with E-state index in [2.05, 4.69) is 11.7 Å². The molecule has 106 valence electrons. The lowest BCUT2D eigenvalue weighted by molar-refractivity contribution is 0.282. The van der Waals surface area contributed by atoms with Crippen molar-refractivity contribution in [2.24, 2.45) is 0 Å². The maximum atomic E-state index is 8.57. The highest BCUT2D eigenvalue weighted by atomic mass is 16.6. The molecule has 0 radical (unpaired) electrons. The Hall–Kier alpha value is -0.120. The van der Waals surface area contributed by atoms with Gasteiger partial charge in [0.1, 0.15) is 0 Å². The van der Waals surface area contributed by atoms with E-state index in [9.17, 15) is 0 Å². The van der Waals surface area contributed by atoms with Gasteiger partial charge in [0.05, 0.1) is 13.2 Å². The average molecular weight is 248 g/mol. The molecule has 0 aromatic rings. The molecule has 1 fully saturated rings. The average Bonchev–Trinajstić information content (AvgIpc) is 3.14. The van der Waals surface area contributed by atoms with Crippen molar-refractivity contribution < 1.29 is 15.3 Å². The lowest BCUT2D eigenvalue weighted by Gasteiger charge is -2.00. The third-order valence-electron chi connectivity index (χ3n) is 2.72. The number of aliphatic hydroxyl groups is 1. The van der Waals surface area contributed by atoms with E-state index >= 15 is 0 Å². The van der Waals surface area contributed by atoms with Gasteiger partial charge in [-0.15, -0.1) is 0 Å². The van der Waals surface area contributed by atoms with Gasteiger partial charge in [-0.05, 0) is 6.42 Å². The molecular weight excluding hydrogens is 216 g/mol. The normalized spacial score (nSPS) is 12.4. The number of ether oxygens (including phenoxy) is 1. The molecule has 0 aromatic heterocycles. The Kier molecular flexibility index (Phi) is 20.6. The van der Waals surface area contributed by atoms with Crippen molar-refractivity contribution in [2.45, 2.75) is 71.1 Å². The molecule has 3 heteroatoms. The molecule has 0 atom stereocenters. The lowest BCUT2D eigenvalue weighted by atomic mass is 10.1. The SMILES string of the molecule is C1CO1.CCCCCCCCCCCCO.O. The van der Waals surface area contributed by atoms with Gasteiger partial charge in [0.25, 0.3) is 0 Å². The summed E-state index contributed by atoms with van der Waals surface area (Å²) in [6.07, 6.45) is 13.3. The van der Waals surface area contributed by atoms with Crippen molar-refractivity contribution in [3.8, 4) is 0 Å². The Balaban J connectivity index is 0. The van der Waals surface area contributed by atoms with Crippen LogP contribution in [0.25, 0.3) is 0 Å². The van der Waals surface area contributed by atoms with Crippen LogP contribution in [0.4, 0.5) is 0 Å². The third-order valence-corrected chi connectivity index (χ3v) is 2.72. The molecule has 1 aliphatic heterocycles. The molecule has 3 nitrogen and oxygen atoms in total. The van der Waals surface area contributed by atoms with Gasteiger partial charge in [0.15, 0.2) is 0 Å². The first-order chi connectivity index (χ1) is 7.91. The molecule has 17 heavy (non-hydrogen) atoms. The Morgan fingerprint density at radius 2 is 1.12 bits per heavy atom. The van der Waals surface area contributed by atoms with Crippen molar-refractivity contribution in [1.29, 1.82) is 0 Å². The van der Waals surface area contributed by atoms with E-state index in [0.29, 0.717) is 6.61 Å². The molecule has 1 saturated heterocycles. The molecule has 1 aliphatic rings. The van der Waals surface area contributed by atoms with Gasteiger partial charge in [-0.3, -0.25) is 0 Å². The summed E-state index contributed by atoms with van der Waals surface area (Å²) in [6, 6.07) is 0. The smallest absolute Gasteiger partial charge is 0.0701 e. The van der Waals surface area contributed by atoms with Gasteiger partial charge in [0, 0.05) is 6.61 Å². The summed E-state index contributed by atoms with van der Waals surface area (Å²) in [5.74, 6) is 0. The minimum absolute atomic E-state index is 0. The summed E-state index contributed by atoms with van der Waals surface area (Å²) in [4.78, 5) is 0. The van der Waals surface area contributed by atoms with Gasteiger partial charge in [-0.1, -0.05) is 64.7 Å². The highest BCUT2D eigenvalue weighted by Crippen LogP contribution is 2.09. The fourth-order valence-corrected chi connectivity index (χ4v) is 1.60. The highest BCUT2D eigenvalue weighted by Gasteiger charge is 1.94. The number of hydrogen-bond acceptors (Lipinski definition) is 2. The number of rotatable bonds is 10. The zero-order valence-corrected chi connectivity index (χ0v) is 11.5. The third kappa shape index (κ3) is 25.8. The van der Waals surface area contributed by atoms with Crippen LogP contribution in [0, 0.1) is 0 Å². The second-order valence-electron chi connectivity index (χ2n) is 4.52. The van der Waals surface area contributed by atoms with Gasteiger partial charge in [0.2, 0.25) is 0 Å². The van der Waals surface area contributed by atoms with Crippen LogP contribution in [0.5, 0.6) is 0 Å². The van der Waals surface area contributed by atoms with E-state index in [0.717, 1.165) is 19.6 Å². The fourth-order valence-electron chi connectivity index (χ4n) is 1.60. The van der Waals surface area contributed by atoms with E-state index in [1.807, 2.05) is 0 Å². The fraction of sp³-hybridized carbons (Fsp3) is 1.00. The molecule has 0 unspecified atom stereocenters. The second kappa shape index (κ2) is 18.3. The Morgan fingerprint density at radius 1 is 0.765 bits per heavy atom. The molecule has 0 saturated carbocycles. The van der Waals surface area contributed by atoms with Gasteiger partial charge in [-0.2, -0.15) is 0 Å². The summed E-state index contributed by atoms with van der Waals surface area (Å²) in [7, 11) is 0. The zero-order valence-electron chi connectivity index (χ0n) is 11.5. The molecule has 1 heterocycles. The highest BCUT2D eigenvalue weighted by molar-refractivity contribution is 4.46. The van der Waals surface area contributed by atoms with Crippen LogP contribution in [0.2, 0.25) is 0 Å². The molecule has 1 rings (SSSR count).